The Morgan fingerprint density at radius 3 is 2.14 bits per heavy atom. The predicted octanol–water partition coefficient (Wildman–Crippen LogP) is 1.32. The van der Waals surface area contributed by atoms with E-state index in [-0.39, 0.29) is 23.1 Å². The summed E-state index contributed by atoms with van der Waals surface area (Å²) in [5, 5.41) is 11.4. The molecule has 0 spiro atoms. The Kier molecular flexibility index (Phi) is 4.91. The zero-order chi connectivity index (χ0) is 11.3. The fraction of sp³-hybridized carbons (Fsp3) is 0.600. The molecule has 0 aromatic heterocycles. The predicted molar refractivity (Wildman–Crippen MR) is 53.9 cm³/mol. The second-order valence-corrected chi connectivity index (χ2v) is 3.34. The van der Waals surface area contributed by atoms with Crippen LogP contribution in [0.15, 0.2) is 11.1 Å². The zero-order valence-corrected chi connectivity index (χ0v) is 9.05. The molecule has 0 aliphatic rings. The van der Waals surface area contributed by atoms with Crippen molar-refractivity contribution in [3.8, 4) is 0 Å². The molecule has 0 fully saturated rings. The van der Waals surface area contributed by atoms with E-state index in [4.69, 9.17) is 5.11 Å². The van der Waals surface area contributed by atoms with Crippen LogP contribution in [0.5, 0.6) is 0 Å². The van der Waals surface area contributed by atoms with Gasteiger partial charge in [-0.2, -0.15) is 0 Å². The third kappa shape index (κ3) is 3.60. The largest absolute Gasteiger partial charge is 0.478 e. The molecule has 0 rings (SSSR count). The summed E-state index contributed by atoms with van der Waals surface area (Å²) in [6.45, 7) is 6.77. The molecule has 14 heavy (non-hydrogen) atoms. The van der Waals surface area contributed by atoms with Gasteiger partial charge in [0, 0.05) is 17.2 Å². The lowest BCUT2D eigenvalue weighted by atomic mass is 10.1. The minimum absolute atomic E-state index is 0.0686. The highest BCUT2D eigenvalue weighted by Crippen LogP contribution is 2.04. The molecule has 1 amide bonds. The number of rotatable bonds is 4. The lowest BCUT2D eigenvalue weighted by molar-refractivity contribution is -0.133. The summed E-state index contributed by atoms with van der Waals surface area (Å²) in [4.78, 5) is 22.0. The summed E-state index contributed by atoms with van der Waals surface area (Å²) < 4.78 is 0. The molecule has 4 heteroatoms. The molecule has 0 bridgehead atoms. The molecule has 80 valence electrons. The highest BCUT2D eigenvalue weighted by atomic mass is 16.4. The van der Waals surface area contributed by atoms with E-state index in [2.05, 4.69) is 5.32 Å². The first kappa shape index (κ1) is 12.7. The van der Waals surface area contributed by atoms with Crippen molar-refractivity contribution in [2.24, 2.45) is 0 Å². The Hall–Kier alpha value is -1.32. The van der Waals surface area contributed by atoms with Crippen molar-refractivity contribution >= 4 is 11.9 Å². The summed E-state index contributed by atoms with van der Waals surface area (Å²) in [6.07, 6.45) is 0.825. The van der Waals surface area contributed by atoms with Crippen LogP contribution in [0.3, 0.4) is 0 Å². The highest BCUT2D eigenvalue weighted by molar-refractivity contribution is 6.01. The van der Waals surface area contributed by atoms with Crippen molar-refractivity contribution in [2.45, 2.75) is 40.2 Å². The van der Waals surface area contributed by atoms with Crippen LogP contribution in [0.25, 0.3) is 0 Å². The van der Waals surface area contributed by atoms with Gasteiger partial charge in [-0.1, -0.05) is 6.92 Å². The average molecular weight is 199 g/mol. The van der Waals surface area contributed by atoms with Crippen molar-refractivity contribution in [3.05, 3.63) is 11.1 Å². The van der Waals surface area contributed by atoms with Crippen molar-refractivity contribution in [1.29, 1.82) is 0 Å². The number of carboxylic acids is 1. The summed E-state index contributed by atoms with van der Waals surface area (Å²) in [7, 11) is 0. The molecule has 1 atom stereocenters. The number of carbonyl (C=O) groups is 2. The maximum Gasteiger partial charge on any atom is 0.331 e. The molecule has 4 nitrogen and oxygen atoms in total. The second kappa shape index (κ2) is 5.42. The molecule has 0 saturated heterocycles. The number of aliphatic carboxylic acids is 1. The third-order valence-electron chi connectivity index (χ3n) is 2.21. The first-order valence-corrected chi connectivity index (χ1v) is 4.61. The van der Waals surface area contributed by atoms with Gasteiger partial charge in [-0.25, -0.2) is 4.79 Å². The Morgan fingerprint density at radius 2 is 1.79 bits per heavy atom. The van der Waals surface area contributed by atoms with Crippen LogP contribution in [0.2, 0.25) is 0 Å². The van der Waals surface area contributed by atoms with E-state index in [0.717, 1.165) is 6.42 Å². The van der Waals surface area contributed by atoms with Crippen LogP contribution in [0.4, 0.5) is 0 Å². The maximum atomic E-state index is 11.4. The molecule has 0 aliphatic carbocycles. The van der Waals surface area contributed by atoms with E-state index in [9.17, 15) is 9.59 Å². The quantitative estimate of drug-likeness (QED) is 0.671. The van der Waals surface area contributed by atoms with Crippen LogP contribution >= 0.6 is 0 Å². The number of carboxylic acid groups (broad SMARTS) is 1. The van der Waals surface area contributed by atoms with Gasteiger partial charge in [0.15, 0.2) is 0 Å². The SMILES string of the molecule is CCC(C)NC(=O)/C(C)=C(/C)C(=O)O. The molecule has 1 unspecified atom stereocenters. The van der Waals surface area contributed by atoms with Crippen molar-refractivity contribution in [2.75, 3.05) is 0 Å². The van der Waals surface area contributed by atoms with Crippen LogP contribution in [0.1, 0.15) is 34.1 Å². The molecule has 0 saturated carbocycles. The Bertz CT molecular complexity index is 269. The van der Waals surface area contributed by atoms with Crippen molar-refractivity contribution in [3.63, 3.8) is 0 Å². The Labute approximate surface area is 84.0 Å². The monoisotopic (exact) mass is 199 g/mol. The zero-order valence-electron chi connectivity index (χ0n) is 9.05. The van der Waals surface area contributed by atoms with E-state index >= 15 is 0 Å². The number of hydrogen-bond donors (Lipinski definition) is 2. The summed E-state index contributed by atoms with van der Waals surface area (Å²) in [5.74, 6) is -1.36. The van der Waals surface area contributed by atoms with Gasteiger partial charge in [0.25, 0.3) is 0 Å². The van der Waals surface area contributed by atoms with Gasteiger partial charge in [-0.3, -0.25) is 4.79 Å². The average Bonchev–Trinajstić information content (AvgIpc) is 2.14. The minimum Gasteiger partial charge on any atom is -0.478 e. The van der Waals surface area contributed by atoms with Crippen LogP contribution in [-0.4, -0.2) is 23.0 Å². The molecule has 2 N–H and O–H groups in total. The van der Waals surface area contributed by atoms with Crippen molar-refractivity contribution < 1.29 is 14.7 Å². The van der Waals surface area contributed by atoms with Gasteiger partial charge >= 0.3 is 5.97 Å². The molecule has 0 aromatic carbocycles. The minimum atomic E-state index is -1.05. The van der Waals surface area contributed by atoms with Crippen LogP contribution < -0.4 is 5.32 Å². The molecule has 0 radical (unpaired) electrons. The standard InChI is InChI=1S/C10H17NO3/c1-5-6(2)11-9(12)7(3)8(4)10(13)14/h6H,5H2,1-4H3,(H,11,12)(H,13,14)/b8-7-. The summed E-state index contributed by atoms with van der Waals surface area (Å²) in [6, 6.07) is 0.0686. The van der Waals surface area contributed by atoms with Crippen LogP contribution in [-0.2, 0) is 9.59 Å². The van der Waals surface area contributed by atoms with E-state index in [1.807, 2.05) is 13.8 Å². The van der Waals surface area contributed by atoms with Gasteiger partial charge in [0.05, 0.1) is 0 Å². The van der Waals surface area contributed by atoms with Gasteiger partial charge in [0.1, 0.15) is 0 Å². The van der Waals surface area contributed by atoms with E-state index < -0.39 is 5.97 Å². The summed E-state index contributed by atoms with van der Waals surface area (Å²) in [5.41, 5.74) is 0.351. The second-order valence-electron chi connectivity index (χ2n) is 3.34. The Morgan fingerprint density at radius 1 is 1.29 bits per heavy atom. The fourth-order valence-electron chi connectivity index (χ4n) is 0.765. The number of carbonyl (C=O) groups excluding carboxylic acids is 1. The summed E-state index contributed by atoms with van der Waals surface area (Å²) >= 11 is 0. The Balaban J connectivity index is 4.54. The van der Waals surface area contributed by atoms with Gasteiger partial charge in [0.2, 0.25) is 5.91 Å². The third-order valence-corrected chi connectivity index (χ3v) is 2.21. The fourth-order valence-corrected chi connectivity index (χ4v) is 0.765. The number of amides is 1. The smallest absolute Gasteiger partial charge is 0.331 e. The first-order chi connectivity index (χ1) is 6.40. The molecular weight excluding hydrogens is 182 g/mol. The maximum absolute atomic E-state index is 11.4. The number of hydrogen-bond acceptors (Lipinski definition) is 2. The molecule has 0 aliphatic heterocycles. The van der Waals surface area contributed by atoms with E-state index in [0.29, 0.717) is 0 Å². The molecule has 0 aromatic rings. The van der Waals surface area contributed by atoms with Crippen LogP contribution in [0, 0.1) is 0 Å². The first-order valence-electron chi connectivity index (χ1n) is 4.61. The number of nitrogens with one attached hydrogen (secondary N) is 1. The lowest BCUT2D eigenvalue weighted by Gasteiger charge is -2.12. The normalized spacial score (nSPS) is 14.3. The molecular formula is C10H17NO3. The van der Waals surface area contributed by atoms with E-state index in [1.165, 1.54) is 13.8 Å². The van der Waals surface area contributed by atoms with Gasteiger partial charge in [-0.05, 0) is 27.2 Å². The highest BCUT2D eigenvalue weighted by Gasteiger charge is 2.13. The lowest BCUT2D eigenvalue weighted by Crippen LogP contribution is -2.33. The topological polar surface area (TPSA) is 66.4 Å². The molecule has 0 heterocycles. The van der Waals surface area contributed by atoms with Crippen molar-refractivity contribution in [1.82, 2.24) is 5.32 Å². The van der Waals surface area contributed by atoms with Gasteiger partial charge in [-0.15, -0.1) is 0 Å². The van der Waals surface area contributed by atoms with Gasteiger partial charge < -0.3 is 10.4 Å². The van der Waals surface area contributed by atoms with E-state index in [1.54, 1.807) is 0 Å².